The number of thiocarbonyl (C=S) groups is 1. The van der Waals surface area contributed by atoms with Crippen LogP contribution in [0.25, 0.3) is 0 Å². The van der Waals surface area contributed by atoms with E-state index in [1.54, 1.807) is 16.9 Å². The normalized spacial score (nSPS) is 10.1. The second-order valence-corrected chi connectivity index (χ2v) is 4.07. The molecule has 0 saturated carbocycles. The van der Waals surface area contributed by atoms with Crippen molar-refractivity contribution in [1.29, 1.82) is 0 Å². The first kappa shape index (κ1) is 8.33. The van der Waals surface area contributed by atoms with E-state index in [1.807, 2.05) is 6.26 Å². The van der Waals surface area contributed by atoms with Gasteiger partial charge in [0.05, 0.1) is 4.20 Å². The second kappa shape index (κ2) is 5.47. The van der Waals surface area contributed by atoms with E-state index in [0.717, 1.165) is 4.20 Å². The van der Waals surface area contributed by atoms with Gasteiger partial charge in [-0.05, 0) is 29.3 Å². The Balaban J connectivity index is 3.33. The lowest BCUT2D eigenvalue weighted by Gasteiger charge is -1.87. The average molecular weight is 165 g/mol. The summed E-state index contributed by atoms with van der Waals surface area (Å²) in [4.78, 5) is 0. The first-order valence-corrected chi connectivity index (χ1v) is 4.90. The van der Waals surface area contributed by atoms with Gasteiger partial charge in [-0.15, -0.1) is 0 Å². The molecule has 0 atom stereocenters. The number of hydrogen-bond donors (Lipinski definition) is 1. The maximum atomic E-state index is 5.07. The van der Waals surface area contributed by atoms with E-state index in [1.165, 1.54) is 17.0 Å². The lowest BCUT2D eigenvalue weighted by molar-refractivity contribution is 1.63. The molecular weight excluding hydrogens is 158 g/mol. The zero-order chi connectivity index (χ0) is 6.41. The van der Waals surface area contributed by atoms with Crippen LogP contribution in [0.15, 0.2) is 12.3 Å². The molecule has 0 aromatic heterocycles. The number of hydrogen-bond acceptors (Lipinski definition) is 4. The summed E-state index contributed by atoms with van der Waals surface area (Å²) in [6.45, 7) is 0. The van der Waals surface area contributed by atoms with Crippen molar-refractivity contribution in [3.63, 3.8) is 0 Å². The molecule has 0 aliphatic carbocycles. The predicted octanol–water partition coefficient (Wildman–Crippen LogP) is 1.80. The van der Waals surface area contributed by atoms with Crippen LogP contribution in [0.1, 0.15) is 0 Å². The van der Waals surface area contributed by atoms with Crippen molar-refractivity contribution in [2.24, 2.45) is 5.73 Å². The number of rotatable bonds is 2. The Hall–Kier alpha value is 0.330. The van der Waals surface area contributed by atoms with Crippen LogP contribution < -0.4 is 5.73 Å². The first-order valence-electron chi connectivity index (χ1n) is 1.94. The van der Waals surface area contributed by atoms with Crippen LogP contribution in [-0.4, -0.2) is 10.5 Å². The summed E-state index contributed by atoms with van der Waals surface area (Å²) >= 11 is 4.83. The van der Waals surface area contributed by atoms with E-state index in [9.17, 15) is 0 Å². The maximum Gasteiger partial charge on any atom is 0.0827 e. The molecule has 0 aliphatic rings. The van der Waals surface area contributed by atoms with Crippen LogP contribution in [0, 0.1) is 0 Å². The van der Waals surface area contributed by atoms with E-state index in [2.05, 4.69) is 0 Å². The summed E-state index contributed by atoms with van der Waals surface area (Å²) in [6, 6.07) is 0. The van der Waals surface area contributed by atoms with Gasteiger partial charge in [0.1, 0.15) is 0 Å². The zero-order valence-electron chi connectivity index (χ0n) is 4.46. The van der Waals surface area contributed by atoms with Gasteiger partial charge < -0.3 is 5.73 Å². The fourth-order valence-corrected chi connectivity index (χ4v) is 1.84. The second-order valence-electron chi connectivity index (χ2n) is 0.928. The minimum atomic E-state index is 0.819. The first-order chi connectivity index (χ1) is 3.81. The van der Waals surface area contributed by atoms with Gasteiger partial charge in [-0.2, -0.15) is 0 Å². The van der Waals surface area contributed by atoms with Crippen LogP contribution in [-0.2, 0) is 0 Å². The van der Waals surface area contributed by atoms with Gasteiger partial charge in [0.25, 0.3) is 0 Å². The molecule has 0 unspecified atom stereocenters. The molecule has 0 aliphatic heterocycles. The monoisotopic (exact) mass is 165 g/mol. The molecule has 0 aromatic carbocycles. The summed E-state index contributed by atoms with van der Waals surface area (Å²) < 4.78 is 0.819. The molecule has 1 nitrogen and oxygen atoms in total. The Kier molecular flexibility index (Phi) is 5.69. The van der Waals surface area contributed by atoms with Gasteiger partial charge >= 0.3 is 0 Å². The summed E-state index contributed by atoms with van der Waals surface area (Å²) in [5, 5.41) is 0. The summed E-state index contributed by atoms with van der Waals surface area (Å²) in [6.07, 6.45) is 5.13. The molecule has 0 rings (SSSR count). The molecule has 46 valence electrons. The number of nitrogens with two attached hydrogens (primary N) is 1. The largest absolute Gasteiger partial charge is 0.405 e. The molecule has 0 spiro atoms. The van der Waals surface area contributed by atoms with Crippen LogP contribution >= 0.6 is 33.8 Å². The van der Waals surface area contributed by atoms with E-state index < -0.39 is 0 Å². The zero-order valence-corrected chi connectivity index (χ0v) is 6.91. The molecule has 0 heterocycles. The average Bonchev–Trinajstić information content (AvgIpc) is 1.68. The highest BCUT2D eigenvalue weighted by Crippen LogP contribution is 2.19. The van der Waals surface area contributed by atoms with Crippen molar-refractivity contribution in [3.05, 3.63) is 12.3 Å². The topological polar surface area (TPSA) is 26.0 Å². The molecule has 0 fully saturated rings. The third kappa shape index (κ3) is 4.49. The highest BCUT2D eigenvalue weighted by molar-refractivity contribution is 8.83. The minimum Gasteiger partial charge on any atom is -0.405 e. The Morgan fingerprint density at radius 1 is 1.75 bits per heavy atom. The van der Waals surface area contributed by atoms with Crippen molar-refractivity contribution >= 4 is 38.0 Å². The SMILES string of the molecule is CSSC(=S)C=CN. The van der Waals surface area contributed by atoms with Crippen molar-refractivity contribution in [3.8, 4) is 0 Å². The third-order valence-corrected chi connectivity index (χ3v) is 2.61. The van der Waals surface area contributed by atoms with Crippen molar-refractivity contribution < 1.29 is 0 Å². The van der Waals surface area contributed by atoms with Gasteiger partial charge in [0.15, 0.2) is 0 Å². The molecule has 0 amide bonds. The fraction of sp³-hybridized carbons (Fsp3) is 0.250. The van der Waals surface area contributed by atoms with Gasteiger partial charge in [-0.3, -0.25) is 0 Å². The van der Waals surface area contributed by atoms with Gasteiger partial charge in [0, 0.05) is 0 Å². The minimum absolute atomic E-state index is 0.819. The fourth-order valence-electron chi connectivity index (χ4n) is 0.188. The van der Waals surface area contributed by atoms with Crippen LogP contribution in [0.5, 0.6) is 0 Å². The van der Waals surface area contributed by atoms with E-state index in [-0.39, 0.29) is 0 Å². The highest BCUT2D eigenvalue weighted by atomic mass is 33.1. The van der Waals surface area contributed by atoms with Gasteiger partial charge in [0.2, 0.25) is 0 Å². The maximum absolute atomic E-state index is 5.07. The lowest BCUT2D eigenvalue weighted by Crippen LogP contribution is -1.81. The van der Waals surface area contributed by atoms with Crippen LogP contribution in [0.3, 0.4) is 0 Å². The molecule has 8 heavy (non-hydrogen) atoms. The highest BCUT2D eigenvalue weighted by Gasteiger charge is 1.85. The molecule has 0 bridgehead atoms. The van der Waals surface area contributed by atoms with E-state index in [4.69, 9.17) is 18.0 Å². The Morgan fingerprint density at radius 2 is 2.38 bits per heavy atom. The molecule has 2 N–H and O–H groups in total. The predicted molar refractivity (Wildman–Crippen MR) is 47.0 cm³/mol. The third-order valence-electron chi connectivity index (χ3n) is 0.398. The molecule has 4 heteroatoms. The summed E-state index contributed by atoms with van der Waals surface area (Å²) in [5.41, 5.74) is 5.07. The van der Waals surface area contributed by atoms with Crippen molar-refractivity contribution in [1.82, 2.24) is 0 Å². The van der Waals surface area contributed by atoms with Gasteiger partial charge in [-0.1, -0.05) is 23.0 Å². The van der Waals surface area contributed by atoms with Crippen molar-refractivity contribution in [2.75, 3.05) is 6.26 Å². The van der Waals surface area contributed by atoms with Crippen molar-refractivity contribution in [2.45, 2.75) is 0 Å². The summed E-state index contributed by atoms with van der Waals surface area (Å²) in [5.74, 6) is 0. The quantitative estimate of drug-likeness (QED) is 0.383. The molecule has 0 saturated heterocycles. The molecule has 0 aromatic rings. The smallest absolute Gasteiger partial charge is 0.0827 e. The Labute approximate surface area is 62.5 Å². The van der Waals surface area contributed by atoms with Crippen LogP contribution in [0.4, 0.5) is 0 Å². The Morgan fingerprint density at radius 3 is 2.75 bits per heavy atom. The Bertz CT molecular complexity index is 99.5. The van der Waals surface area contributed by atoms with E-state index in [0.29, 0.717) is 0 Å². The molecule has 0 radical (unpaired) electrons. The molecular formula is C4H7NS3. The van der Waals surface area contributed by atoms with Gasteiger partial charge in [-0.25, -0.2) is 0 Å². The lowest BCUT2D eigenvalue weighted by atomic mass is 10.7. The van der Waals surface area contributed by atoms with E-state index >= 15 is 0 Å². The van der Waals surface area contributed by atoms with Crippen LogP contribution in [0.2, 0.25) is 0 Å². The standard InChI is InChI=1S/C4H7NS3/c1-7-8-4(6)2-3-5/h2-3H,5H2,1H3. The summed E-state index contributed by atoms with van der Waals surface area (Å²) in [7, 11) is 3.16.